The molecule has 0 bridgehead atoms. The van der Waals surface area contributed by atoms with Crippen LogP contribution in [0.1, 0.15) is 48.0 Å². The Kier molecular flexibility index (Phi) is 9.99. The third kappa shape index (κ3) is 10.5. The van der Waals surface area contributed by atoms with E-state index in [-0.39, 0.29) is 38.6 Å². The summed E-state index contributed by atoms with van der Waals surface area (Å²) in [6, 6.07) is 0. The van der Waals surface area contributed by atoms with Crippen molar-refractivity contribution >= 4 is 23.8 Å². The minimum Gasteiger partial charge on any atom is -0.465 e. The average Bonchev–Trinajstić information content (AvgIpc) is 2.54. The van der Waals surface area contributed by atoms with Gasteiger partial charge in [0.15, 0.2) is 0 Å². The van der Waals surface area contributed by atoms with E-state index in [0.717, 1.165) is 0 Å². The normalized spacial score (nSPS) is 12.7. The number of aliphatic hydroxyl groups is 1. The molecule has 3 N–H and O–H groups in total. The molecule has 1 atom stereocenters. The van der Waals surface area contributed by atoms with Crippen LogP contribution in [0.15, 0.2) is 0 Å². The standard InChI is InChI=1S/C18H32N2O7/c1-12(21)26-10-9-19-13(22)7-8-20-15(24)14(23)18(5,6)11-27-16(25)17(2,3)4/h14,23H,7-11H2,1-6H3,(H,19,22)(H,20,24)/t14-/m0/s1. The van der Waals surface area contributed by atoms with Crippen LogP contribution in [-0.4, -0.2) is 61.3 Å². The summed E-state index contributed by atoms with van der Waals surface area (Å²) in [7, 11) is 0. The van der Waals surface area contributed by atoms with E-state index in [0.29, 0.717) is 0 Å². The molecule has 9 nitrogen and oxygen atoms in total. The van der Waals surface area contributed by atoms with Crippen LogP contribution in [0.3, 0.4) is 0 Å². The van der Waals surface area contributed by atoms with Crippen molar-refractivity contribution in [2.75, 3.05) is 26.3 Å². The Morgan fingerprint density at radius 2 is 1.56 bits per heavy atom. The topological polar surface area (TPSA) is 131 Å². The van der Waals surface area contributed by atoms with Crippen LogP contribution >= 0.6 is 0 Å². The quantitative estimate of drug-likeness (QED) is 0.358. The number of rotatable bonds is 10. The Hall–Kier alpha value is -2.16. The molecule has 0 aliphatic heterocycles. The third-order valence-corrected chi connectivity index (χ3v) is 3.56. The van der Waals surface area contributed by atoms with E-state index in [1.807, 2.05) is 0 Å². The molecule has 0 fully saturated rings. The lowest BCUT2D eigenvalue weighted by molar-refractivity contribution is -0.161. The van der Waals surface area contributed by atoms with Crippen LogP contribution in [-0.2, 0) is 28.7 Å². The predicted molar refractivity (Wildman–Crippen MR) is 97.5 cm³/mol. The zero-order valence-corrected chi connectivity index (χ0v) is 17.0. The molecule has 0 saturated heterocycles. The van der Waals surface area contributed by atoms with Crippen molar-refractivity contribution in [2.24, 2.45) is 10.8 Å². The Bertz CT molecular complexity index is 538. The molecule has 0 spiro atoms. The van der Waals surface area contributed by atoms with E-state index in [1.165, 1.54) is 6.92 Å². The molecule has 9 heteroatoms. The first-order valence-electron chi connectivity index (χ1n) is 8.80. The van der Waals surface area contributed by atoms with Gasteiger partial charge in [-0.05, 0) is 20.8 Å². The minimum absolute atomic E-state index is 0.0119. The maximum absolute atomic E-state index is 12.1. The van der Waals surface area contributed by atoms with E-state index in [1.54, 1.807) is 34.6 Å². The van der Waals surface area contributed by atoms with Crippen molar-refractivity contribution in [2.45, 2.75) is 54.1 Å². The van der Waals surface area contributed by atoms with Gasteiger partial charge in [-0.1, -0.05) is 13.8 Å². The average molecular weight is 388 g/mol. The molecule has 0 rings (SSSR count). The van der Waals surface area contributed by atoms with Gasteiger partial charge in [-0.15, -0.1) is 0 Å². The number of ether oxygens (including phenoxy) is 2. The molecule has 156 valence electrons. The SMILES string of the molecule is CC(=O)OCCNC(=O)CCNC(=O)[C@H](O)C(C)(C)COC(=O)C(C)(C)C. The first kappa shape index (κ1) is 24.8. The fraction of sp³-hybridized carbons (Fsp3) is 0.778. The lowest BCUT2D eigenvalue weighted by Crippen LogP contribution is -2.47. The van der Waals surface area contributed by atoms with Gasteiger partial charge in [0.25, 0.3) is 0 Å². The Balaban J connectivity index is 4.23. The van der Waals surface area contributed by atoms with Crippen LogP contribution < -0.4 is 10.6 Å². The molecule has 27 heavy (non-hydrogen) atoms. The minimum atomic E-state index is -1.41. The summed E-state index contributed by atoms with van der Waals surface area (Å²) in [5.41, 5.74) is -1.66. The highest BCUT2D eigenvalue weighted by molar-refractivity contribution is 5.82. The molecule has 0 aromatic carbocycles. The number of carbonyl (C=O) groups is 4. The highest BCUT2D eigenvalue weighted by atomic mass is 16.5. The van der Waals surface area contributed by atoms with Crippen molar-refractivity contribution in [1.29, 1.82) is 0 Å². The second kappa shape index (κ2) is 10.9. The van der Waals surface area contributed by atoms with Gasteiger partial charge >= 0.3 is 11.9 Å². The van der Waals surface area contributed by atoms with Gasteiger partial charge in [0.1, 0.15) is 12.7 Å². The summed E-state index contributed by atoms with van der Waals surface area (Å²) < 4.78 is 9.85. The summed E-state index contributed by atoms with van der Waals surface area (Å²) in [5, 5.41) is 15.2. The second-order valence-corrected chi connectivity index (χ2v) is 7.95. The van der Waals surface area contributed by atoms with Gasteiger partial charge in [0.2, 0.25) is 11.8 Å². The fourth-order valence-electron chi connectivity index (χ4n) is 1.77. The molecule has 0 aromatic rings. The number of nitrogens with one attached hydrogen (secondary N) is 2. The van der Waals surface area contributed by atoms with Crippen LogP contribution in [0.5, 0.6) is 0 Å². The van der Waals surface area contributed by atoms with Crippen LogP contribution in [0.2, 0.25) is 0 Å². The molecule has 2 amide bonds. The molecule has 0 radical (unpaired) electrons. The largest absolute Gasteiger partial charge is 0.465 e. The summed E-state index contributed by atoms with van der Waals surface area (Å²) in [4.78, 5) is 46.0. The number of hydrogen-bond donors (Lipinski definition) is 3. The maximum Gasteiger partial charge on any atom is 0.311 e. The smallest absolute Gasteiger partial charge is 0.311 e. The molecule has 0 saturated carbocycles. The number of esters is 2. The molecule has 0 aliphatic rings. The van der Waals surface area contributed by atoms with E-state index < -0.39 is 34.8 Å². The zero-order valence-electron chi connectivity index (χ0n) is 17.0. The summed E-state index contributed by atoms with van der Waals surface area (Å²) in [6.45, 7) is 9.79. The van der Waals surface area contributed by atoms with E-state index in [4.69, 9.17) is 4.74 Å². The highest BCUT2D eigenvalue weighted by Crippen LogP contribution is 2.24. The van der Waals surface area contributed by atoms with Gasteiger partial charge in [-0.3, -0.25) is 19.2 Å². The Morgan fingerprint density at radius 3 is 2.07 bits per heavy atom. The number of amides is 2. The van der Waals surface area contributed by atoms with E-state index >= 15 is 0 Å². The second-order valence-electron chi connectivity index (χ2n) is 7.95. The Labute approximate surface area is 160 Å². The monoisotopic (exact) mass is 388 g/mol. The fourth-order valence-corrected chi connectivity index (χ4v) is 1.77. The summed E-state index contributed by atoms with van der Waals surface area (Å²) in [6.07, 6.45) is -1.39. The van der Waals surface area contributed by atoms with Gasteiger partial charge in [-0.2, -0.15) is 0 Å². The number of hydrogen-bond acceptors (Lipinski definition) is 7. The van der Waals surface area contributed by atoms with Crippen LogP contribution in [0.4, 0.5) is 0 Å². The molecule has 0 unspecified atom stereocenters. The molecule has 0 aromatic heterocycles. The third-order valence-electron chi connectivity index (χ3n) is 3.56. The molecular weight excluding hydrogens is 356 g/mol. The van der Waals surface area contributed by atoms with Crippen molar-refractivity contribution in [3.63, 3.8) is 0 Å². The number of aliphatic hydroxyl groups excluding tert-OH is 1. The molecule has 0 heterocycles. The molecular formula is C18H32N2O7. The lowest BCUT2D eigenvalue weighted by atomic mass is 9.86. The maximum atomic E-state index is 12.1. The van der Waals surface area contributed by atoms with Gasteiger partial charge in [0, 0.05) is 25.3 Å². The van der Waals surface area contributed by atoms with Crippen molar-refractivity contribution in [3.8, 4) is 0 Å². The van der Waals surface area contributed by atoms with Crippen LogP contribution in [0, 0.1) is 10.8 Å². The summed E-state index contributed by atoms with van der Waals surface area (Å²) in [5.74, 6) is -1.83. The van der Waals surface area contributed by atoms with E-state index in [9.17, 15) is 24.3 Å². The van der Waals surface area contributed by atoms with E-state index in [2.05, 4.69) is 15.4 Å². The van der Waals surface area contributed by atoms with Gasteiger partial charge < -0.3 is 25.2 Å². The van der Waals surface area contributed by atoms with Crippen molar-refractivity contribution < 1.29 is 33.8 Å². The van der Waals surface area contributed by atoms with Gasteiger partial charge in [0.05, 0.1) is 18.6 Å². The van der Waals surface area contributed by atoms with Crippen molar-refractivity contribution in [1.82, 2.24) is 10.6 Å². The van der Waals surface area contributed by atoms with Crippen molar-refractivity contribution in [3.05, 3.63) is 0 Å². The highest BCUT2D eigenvalue weighted by Gasteiger charge is 2.36. The molecule has 0 aliphatic carbocycles. The summed E-state index contributed by atoms with van der Waals surface area (Å²) >= 11 is 0. The van der Waals surface area contributed by atoms with Crippen LogP contribution in [0.25, 0.3) is 0 Å². The predicted octanol–water partition coefficient (Wildman–Crippen LogP) is 0.148. The lowest BCUT2D eigenvalue weighted by Gasteiger charge is -2.30. The number of carbonyl (C=O) groups excluding carboxylic acids is 4. The Morgan fingerprint density at radius 1 is 0.963 bits per heavy atom. The first-order valence-corrected chi connectivity index (χ1v) is 8.80. The zero-order chi connectivity index (χ0) is 21.3. The first-order chi connectivity index (χ1) is 12.3. The van der Waals surface area contributed by atoms with Gasteiger partial charge in [-0.25, -0.2) is 0 Å².